The van der Waals surface area contributed by atoms with Gasteiger partial charge < -0.3 is 5.32 Å². The number of hydrogen-bond acceptors (Lipinski definition) is 1. The van der Waals surface area contributed by atoms with E-state index >= 15 is 0 Å². The molecule has 82 valence electrons. The molecule has 2 rings (SSSR count). The fourth-order valence-electron chi connectivity index (χ4n) is 2.42. The molecule has 1 heterocycles. The first kappa shape index (κ1) is 10.7. The largest absolute Gasteiger partial charge is 0.316 e. The molecule has 0 aromatic heterocycles. The Balaban J connectivity index is 1.98. The zero-order valence-corrected chi connectivity index (χ0v) is 9.63. The van der Waals surface area contributed by atoms with E-state index in [2.05, 4.69) is 36.5 Å². The van der Waals surface area contributed by atoms with Gasteiger partial charge in [0.05, 0.1) is 0 Å². The van der Waals surface area contributed by atoms with Gasteiger partial charge in [-0.2, -0.15) is 0 Å². The van der Waals surface area contributed by atoms with E-state index in [1.807, 2.05) is 0 Å². The first-order chi connectivity index (χ1) is 7.36. The van der Waals surface area contributed by atoms with E-state index in [0.717, 1.165) is 5.92 Å². The minimum atomic E-state index is 0.841. The standard InChI is InChI=1S/C14H21N/c1-12-6-2-3-8-14(12)10-13-7-4-5-9-15-11-13/h2-3,6,8,13,15H,4-5,7,9-11H2,1H3. The van der Waals surface area contributed by atoms with Crippen LogP contribution < -0.4 is 5.32 Å². The van der Waals surface area contributed by atoms with Gasteiger partial charge in [-0.3, -0.25) is 0 Å². The van der Waals surface area contributed by atoms with Crippen LogP contribution in [-0.2, 0) is 6.42 Å². The molecule has 0 spiro atoms. The molecular formula is C14H21N. The highest BCUT2D eigenvalue weighted by Gasteiger charge is 2.12. The Kier molecular flexibility index (Phi) is 3.79. The summed E-state index contributed by atoms with van der Waals surface area (Å²) in [6, 6.07) is 8.79. The Hall–Kier alpha value is -0.820. The molecule has 0 saturated carbocycles. The van der Waals surface area contributed by atoms with Crippen molar-refractivity contribution in [2.75, 3.05) is 13.1 Å². The van der Waals surface area contributed by atoms with Crippen molar-refractivity contribution >= 4 is 0 Å². The van der Waals surface area contributed by atoms with Gasteiger partial charge in [-0.25, -0.2) is 0 Å². The summed E-state index contributed by atoms with van der Waals surface area (Å²) in [5, 5.41) is 3.54. The van der Waals surface area contributed by atoms with E-state index in [0.29, 0.717) is 0 Å². The highest BCUT2D eigenvalue weighted by atomic mass is 14.9. The van der Waals surface area contributed by atoms with E-state index in [9.17, 15) is 0 Å². The molecule has 1 saturated heterocycles. The van der Waals surface area contributed by atoms with Gasteiger partial charge >= 0.3 is 0 Å². The number of rotatable bonds is 2. The van der Waals surface area contributed by atoms with Crippen molar-refractivity contribution in [1.29, 1.82) is 0 Å². The first-order valence-corrected chi connectivity index (χ1v) is 6.11. The Morgan fingerprint density at radius 2 is 2.13 bits per heavy atom. The average Bonchev–Trinajstić information content (AvgIpc) is 2.50. The normalized spacial score (nSPS) is 22.3. The summed E-state index contributed by atoms with van der Waals surface area (Å²) in [6.45, 7) is 4.64. The second-order valence-electron chi connectivity index (χ2n) is 4.70. The lowest BCUT2D eigenvalue weighted by atomic mass is 9.93. The highest BCUT2D eigenvalue weighted by Crippen LogP contribution is 2.18. The third-order valence-electron chi connectivity index (χ3n) is 3.42. The molecule has 0 bridgehead atoms. The fraction of sp³-hybridized carbons (Fsp3) is 0.571. The molecule has 1 aromatic rings. The minimum Gasteiger partial charge on any atom is -0.316 e. The van der Waals surface area contributed by atoms with Crippen LogP contribution in [0, 0.1) is 12.8 Å². The summed E-state index contributed by atoms with van der Waals surface area (Å²) in [7, 11) is 0. The van der Waals surface area contributed by atoms with E-state index in [1.165, 1.54) is 49.9 Å². The number of benzene rings is 1. The third-order valence-corrected chi connectivity index (χ3v) is 3.42. The third kappa shape index (κ3) is 3.07. The molecule has 1 fully saturated rings. The molecule has 1 aromatic carbocycles. The number of nitrogens with one attached hydrogen (secondary N) is 1. The zero-order valence-electron chi connectivity index (χ0n) is 9.63. The van der Waals surface area contributed by atoms with Crippen molar-refractivity contribution in [3.05, 3.63) is 35.4 Å². The van der Waals surface area contributed by atoms with Crippen LogP contribution in [0.2, 0.25) is 0 Å². The molecule has 1 aliphatic rings. The van der Waals surface area contributed by atoms with Gasteiger partial charge in [0.2, 0.25) is 0 Å². The van der Waals surface area contributed by atoms with Crippen LogP contribution in [0.1, 0.15) is 30.4 Å². The topological polar surface area (TPSA) is 12.0 Å². The van der Waals surface area contributed by atoms with Crippen molar-refractivity contribution in [2.24, 2.45) is 5.92 Å². The molecule has 0 radical (unpaired) electrons. The van der Waals surface area contributed by atoms with Gasteiger partial charge in [-0.1, -0.05) is 30.7 Å². The monoisotopic (exact) mass is 203 g/mol. The molecule has 1 nitrogen and oxygen atoms in total. The van der Waals surface area contributed by atoms with Crippen molar-refractivity contribution in [3.63, 3.8) is 0 Å². The minimum absolute atomic E-state index is 0.841. The van der Waals surface area contributed by atoms with Crippen LogP contribution in [0.3, 0.4) is 0 Å². The summed E-state index contributed by atoms with van der Waals surface area (Å²) in [5.41, 5.74) is 2.98. The first-order valence-electron chi connectivity index (χ1n) is 6.11. The lowest BCUT2D eigenvalue weighted by Gasteiger charge is -2.15. The van der Waals surface area contributed by atoms with Crippen molar-refractivity contribution in [1.82, 2.24) is 5.32 Å². The molecular weight excluding hydrogens is 182 g/mol. The number of hydrogen-bond donors (Lipinski definition) is 1. The Morgan fingerprint density at radius 3 is 3.00 bits per heavy atom. The summed E-state index contributed by atoms with van der Waals surface area (Å²) in [5.74, 6) is 0.841. The fourth-order valence-corrected chi connectivity index (χ4v) is 2.42. The second kappa shape index (κ2) is 5.32. The Labute approximate surface area is 92.9 Å². The van der Waals surface area contributed by atoms with E-state index in [4.69, 9.17) is 0 Å². The van der Waals surface area contributed by atoms with E-state index < -0.39 is 0 Å². The van der Waals surface area contributed by atoms with Crippen molar-refractivity contribution in [3.8, 4) is 0 Å². The number of aryl methyl sites for hydroxylation is 1. The maximum absolute atomic E-state index is 3.54. The lowest BCUT2D eigenvalue weighted by molar-refractivity contribution is 0.476. The van der Waals surface area contributed by atoms with Crippen LogP contribution in [-0.4, -0.2) is 13.1 Å². The van der Waals surface area contributed by atoms with Crippen LogP contribution in [0.5, 0.6) is 0 Å². The molecule has 1 aliphatic heterocycles. The average molecular weight is 203 g/mol. The van der Waals surface area contributed by atoms with E-state index in [-0.39, 0.29) is 0 Å². The van der Waals surface area contributed by atoms with Gasteiger partial charge in [0, 0.05) is 0 Å². The zero-order chi connectivity index (χ0) is 10.5. The van der Waals surface area contributed by atoms with Gasteiger partial charge in [-0.15, -0.1) is 0 Å². The van der Waals surface area contributed by atoms with E-state index in [1.54, 1.807) is 0 Å². The molecule has 1 atom stereocenters. The summed E-state index contributed by atoms with van der Waals surface area (Å²) in [4.78, 5) is 0. The maximum Gasteiger partial charge on any atom is -0.00173 e. The van der Waals surface area contributed by atoms with Crippen molar-refractivity contribution < 1.29 is 0 Å². The predicted molar refractivity (Wildman–Crippen MR) is 65.1 cm³/mol. The van der Waals surface area contributed by atoms with Gasteiger partial charge in [0.25, 0.3) is 0 Å². The molecule has 0 aliphatic carbocycles. The predicted octanol–water partition coefficient (Wildman–Crippen LogP) is 2.93. The van der Waals surface area contributed by atoms with Crippen LogP contribution in [0.15, 0.2) is 24.3 Å². The SMILES string of the molecule is Cc1ccccc1CC1CCCCNC1. The van der Waals surface area contributed by atoms with Gasteiger partial charge in [-0.05, 0) is 56.3 Å². The quantitative estimate of drug-likeness (QED) is 0.779. The van der Waals surface area contributed by atoms with Crippen molar-refractivity contribution in [2.45, 2.75) is 32.6 Å². The van der Waals surface area contributed by atoms with Gasteiger partial charge in [0.15, 0.2) is 0 Å². The molecule has 15 heavy (non-hydrogen) atoms. The summed E-state index contributed by atoms with van der Waals surface area (Å²) in [6.07, 6.45) is 5.38. The summed E-state index contributed by atoms with van der Waals surface area (Å²) < 4.78 is 0. The van der Waals surface area contributed by atoms with Crippen LogP contribution >= 0.6 is 0 Å². The molecule has 1 unspecified atom stereocenters. The summed E-state index contributed by atoms with van der Waals surface area (Å²) >= 11 is 0. The Morgan fingerprint density at radius 1 is 1.27 bits per heavy atom. The second-order valence-corrected chi connectivity index (χ2v) is 4.70. The molecule has 0 amide bonds. The Bertz CT molecular complexity index is 298. The van der Waals surface area contributed by atoms with Crippen LogP contribution in [0.25, 0.3) is 0 Å². The smallest absolute Gasteiger partial charge is 0.00173 e. The maximum atomic E-state index is 3.54. The van der Waals surface area contributed by atoms with Gasteiger partial charge in [0.1, 0.15) is 0 Å². The highest BCUT2D eigenvalue weighted by molar-refractivity contribution is 5.25. The molecule has 1 heteroatoms. The molecule has 1 N–H and O–H groups in total. The lowest BCUT2D eigenvalue weighted by Crippen LogP contribution is -2.22. The van der Waals surface area contributed by atoms with Crippen LogP contribution in [0.4, 0.5) is 0 Å².